The first-order valence-corrected chi connectivity index (χ1v) is 8.43. The third-order valence-electron chi connectivity index (χ3n) is 3.37. The Hall–Kier alpha value is -2.24. The molecule has 1 aromatic rings. The Balaban J connectivity index is 1.90. The summed E-state index contributed by atoms with van der Waals surface area (Å²) < 4.78 is 15.6. The Bertz CT molecular complexity index is 642. The van der Waals surface area contributed by atoms with Gasteiger partial charge in [-0.1, -0.05) is 12.1 Å². The molecular weight excluding hydrogens is 322 g/mol. The van der Waals surface area contributed by atoms with Gasteiger partial charge < -0.3 is 19.5 Å². The smallest absolute Gasteiger partial charge is 0.444 e. The molecule has 138 valence electrons. The monoisotopic (exact) mass is 349 g/mol. The number of rotatable bonds is 3. The maximum absolute atomic E-state index is 11.8. The number of amides is 1. The molecule has 1 aliphatic carbocycles. The Morgan fingerprint density at radius 1 is 1.04 bits per heavy atom. The van der Waals surface area contributed by atoms with Crippen LogP contribution in [0.1, 0.15) is 59.4 Å². The summed E-state index contributed by atoms with van der Waals surface area (Å²) in [5, 5.41) is 2.86. The van der Waals surface area contributed by atoms with Crippen LogP contribution < -0.4 is 10.1 Å². The lowest BCUT2D eigenvalue weighted by molar-refractivity contribution is 0.0206. The van der Waals surface area contributed by atoms with E-state index in [1.807, 2.05) is 32.9 Å². The average molecular weight is 349 g/mol. The molecule has 2 atom stereocenters. The number of benzene rings is 1. The fourth-order valence-corrected chi connectivity index (χ4v) is 2.36. The molecule has 0 spiro atoms. The minimum Gasteiger partial charge on any atom is -0.444 e. The van der Waals surface area contributed by atoms with Crippen LogP contribution in [-0.2, 0) is 9.47 Å². The van der Waals surface area contributed by atoms with Crippen LogP contribution in [0.25, 0.3) is 0 Å². The van der Waals surface area contributed by atoms with Crippen LogP contribution in [0.4, 0.5) is 9.59 Å². The maximum Gasteiger partial charge on any atom is 0.514 e. The predicted octanol–water partition coefficient (Wildman–Crippen LogP) is 4.38. The van der Waals surface area contributed by atoms with E-state index in [4.69, 9.17) is 14.2 Å². The second kappa shape index (κ2) is 6.94. The third-order valence-corrected chi connectivity index (χ3v) is 3.37. The molecule has 0 aliphatic heterocycles. The van der Waals surface area contributed by atoms with Crippen molar-refractivity contribution in [3.63, 3.8) is 0 Å². The highest BCUT2D eigenvalue weighted by atomic mass is 16.7. The molecule has 1 saturated carbocycles. The molecule has 6 nitrogen and oxygen atoms in total. The van der Waals surface area contributed by atoms with Crippen LogP contribution in [0.2, 0.25) is 0 Å². The van der Waals surface area contributed by atoms with Crippen LogP contribution in [0, 0.1) is 0 Å². The number of carbonyl (C=O) groups is 2. The Morgan fingerprint density at radius 3 is 2.28 bits per heavy atom. The Morgan fingerprint density at radius 2 is 1.68 bits per heavy atom. The molecule has 1 fully saturated rings. The summed E-state index contributed by atoms with van der Waals surface area (Å²) >= 11 is 0. The summed E-state index contributed by atoms with van der Waals surface area (Å²) in [6.45, 7) is 10.8. The molecule has 0 radical (unpaired) electrons. The van der Waals surface area contributed by atoms with E-state index in [0.717, 1.165) is 12.0 Å². The zero-order chi connectivity index (χ0) is 18.8. The van der Waals surface area contributed by atoms with Crippen LogP contribution in [0.3, 0.4) is 0 Å². The van der Waals surface area contributed by atoms with Gasteiger partial charge in [0.15, 0.2) is 0 Å². The van der Waals surface area contributed by atoms with E-state index in [0.29, 0.717) is 5.75 Å². The van der Waals surface area contributed by atoms with E-state index >= 15 is 0 Å². The molecule has 2 rings (SSSR count). The van der Waals surface area contributed by atoms with Crippen molar-refractivity contribution in [3.05, 3.63) is 29.8 Å². The van der Waals surface area contributed by atoms with Crippen molar-refractivity contribution < 1.29 is 23.8 Å². The van der Waals surface area contributed by atoms with E-state index in [2.05, 4.69) is 5.32 Å². The largest absolute Gasteiger partial charge is 0.514 e. The van der Waals surface area contributed by atoms with Crippen molar-refractivity contribution >= 4 is 12.2 Å². The third kappa shape index (κ3) is 6.64. The van der Waals surface area contributed by atoms with Crippen molar-refractivity contribution in [1.82, 2.24) is 5.32 Å². The molecule has 1 N–H and O–H groups in total. The number of nitrogens with one attached hydrogen (secondary N) is 1. The van der Waals surface area contributed by atoms with Crippen LogP contribution in [0.5, 0.6) is 5.75 Å². The summed E-state index contributed by atoms with van der Waals surface area (Å²) in [4.78, 5) is 23.6. The molecule has 25 heavy (non-hydrogen) atoms. The summed E-state index contributed by atoms with van der Waals surface area (Å²) in [6.07, 6.45) is -0.320. The van der Waals surface area contributed by atoms with E-state index in [1.54, 1.807) is 32.9 Å². The molecule has 6 heteroatoms. The van der Waals surface area contributed by atoms with Gasteiger partial charge in [-0.05, 0) is 65.7 Å². The first-order chi connectivity index (χ1) is 11.4. The van der Waals surface area contributed by atoms with E-state index < -0.39 is 23.5 Å². The van der Waals surface area contributed by atoms with Crippen molar-refractivity contribution in [3.8, 4) is 5.75 Å². The molecule has 2 unspecified atom stereocenters. The SMILES string of the molecule is CC(C)(C)OC(=O)NC1CC1c1cccc(OC(=O)OC(C)(C)C)c1. The number of ether oxygens (including phenoxy) is 3. The van der Waals surface area contributed by atoms with E-state index in [-0.39, 0.29) is 12.0 Å². The van der Waals surface area contributed by atoms with Crippen molar-refractivity contribution in [2.24, 2.45) is 0 Å². The summed E-state index contributed by atoms with van der Waals surface area (Å²) in [6, 6.07) is 7.30. The molecule has 0 saturated heterocycles. The van der Waals surface area contributed by atoms with E-state index in [9.17, 15) is 9.59 Å². The first kappa shape index (κ1) is 19.1. The quantitative estimate of drug-likeness (QED) is 0.647. The molecular formula is C19H27NO5. The second-order valence-corrected chi connectivity index (χ2v) is 8.23. The van der Waals surface area contributed by atoms with Gasteiger partial charge in [-0.15, -0.1) is 0 Å². The van der Waals surface area contributed by atoms with Crippen molar-refractivity contribution in [2.75, 3.05) is 0 Å². The van der Waals surface area contributed by atoms with Gasteiger partial charge >= 0.3 is 12.2 Å². The topological polar surface area (TPSA) is 73.9 Å². The summed E-state index contributed by atoms with van der Waals surface area (Å²) in [5.41, 5.74) is -0.120. The number of alkyl carbamates (subject to hydrolysis) is 1. The second-order valence-electron chi connectivity index (χ2n) is 8.23. The van der Waals surface area contributed by atoms with Crippen LogP contribution >= 0.6 is 0 Å². The van der Waals surface area contributed by atoms with Gasteiger partial charge in [0.05, 0.1) is 0 Å². The normalized spacial score (nSPS) is 19.8. The van der Waals surface area contributed by atoms with Gasteiger partial charge in [0.2, 0.25) is 0 Å². The average Bonchev–Trinajstić information content (AvgIpc) is 3.13. The predicted molar refractivity (Wildman–Crippen MR) is 93.8 cm³/mol. The van der Waals surface area contributed by atoms with Gasteiger partial charge in [0, 0.05) is 12.0 Å². The first-order valence-electron chi connectivity index (χ1n) is 8.43. The number of hydrogen-bond acceptors (Lipinski definition) is 5. The van der Waals surface area contributed by atoms with Crippen molar-refractivity contribution in [1.29, 1.82) is 0 Å². The Labute approximate surface area is 148 Å². The lowest BCUT2D eigenvalue weighted by atomic mass is 10.1. The molecule has 1 aromatic carbocycles. The Kier molecular flexibility index (Phi) is 5.30. The minimum atomic E-state index is -0.733. The maximum atomic E-state index is 11.8. The number of hydrogen-bond donors (Lipinski definition) is 1. The van der Waals surface area contributed by atoms with E-state index in [1.165, 1.54) is 0 Å². The van der Waals surface area contributed by atoms with Gasteiger partial charge in [-0.25, -0.2) is 9.59 Å². The lowest BCUT2D eigenvalue weighted by Gasteiger charge is -2.19. The minimum absolute atomic E-state index is 0.0339. The highest BCUT2D eigenvalue weighted by molar-refractivity contribution is 5.69. The molecule has 0 bridgehead atoms. The lowest BCUT2D eigenvalue weighted by Crippen LogP contribution is -2.34. The standard InChI is InChI=1S/C19H27NO5/c1-18(2,3)24-16(21)20-15-11-14(15)12-8-7-9-13(10-12)23-17(22)25-19(4,5)6/h7-10,14-15H,11H2,1-6H3,(H,20,21). The fraction of sp³-hybridized carbons (Fsp3) is 0.579. The van der Waals surface area contributed by atoms with Gasteiger partial charge in [-0.3, -0.25) is 0 Å². The van der Waals surface area contributed by atoms with Crippen molar-refractivity contribution in [2.45, 2.75) is 71.1 Å². The highest BCUT2D eigenvalue weighted by Crippen LogP contribution is 2.41. The van der Waals surface area contributed by atoms with Gasteiger partial charge in [-0.2, -0.15) is 0 Å². The molecule has 0 aromatic heterocycles. The number of carbonyl (C=O) groups excluding carboxylic acids is 2. The van der Waals surface area contributed by atoms with Crippen LogP contribution in [-0.4, -0.2) is 29.5 Å². The molecule has 0 heterocycles. The van der Waals surface area contributed by atoms with Gasteiger partial charge in [0.1, 0.15) is 17.0 Å². The van der Waals surface area contributed by atoms with Crippen LogP contribution in [0.15, 0.2) is 24.3 Å². The molecule has 1 aliphatic rings. The summed E-state index contributed by atoms with van der Waals surface area (Å²) in [7, 11) is 0. The molecule has 1 amide bonds. The summed E-state index contributed by atoms with van der Waals surface area (Å²) in [5.74, 6) is 0.615. The van der Waals surface area contributed by atoms with Gasteiger partial charge in [0.25, 0.3) is 0 Å². The highest BCUT2D eigenvalue weighted by Gasteiger charge is 2.40. The zero-order valence-electron chi connectivity index (χ0n) is 15.7. The fourth-order valence-electron chi connectivity index (χ4n) is 2.36. The zero-order valence-corrected chi connectivity index (χ0v) is 15.7.